The maximum atomic E-state index is 12.1. The largest absolute Gasteiger partial charge is 0.462 e. The van der Waals surface area contributed by atoms with Gasteiger partial charge in [0.15, 0.2) is 0 Å². The van der Waals surface area contributed by atoms with Gasteiger partial charge in [-0.2, -0.15) is 0 Å². The summed E-state index contributed by atoms with van der Waals surface area (Å²) in [4.78, 5) is 23.5. The van der Waals surface area contributed by atoms with Gasteiger partial charge in [-0.15, -0.1) is 0 Å². The molecule has 1 heterocycles. The molecule has 0 spiro atoms. The molecular formula is C22H41NO3. The average Bonchev–Trinajstić information content (AvgIpc) is 2.46. The molecule has 0 bridgehead atoms. The quantitative estimate of drug-likeness (QED) is 0.403. The van der Waals surface area contributed by atoms with Crippen LogP contribution in [0.5, 0.6) is 0 Å². The molecule has 0 aromatic heterocycles. The number of hydrogen-bond donors (Lipinski definition) is 1. The summed E-state index contributed by atoms with van der Waals surface area (Å²) in [6.45, 7) is 12.5. The van der Waals surface area contributed by atoms with Crippen molar-refractivity contribution in [1.82, 2.24) is 5.32 Å². The molecule has 0 aliphatic carbocycles. The summed E-state index contributed by atoms with van der Waals surface area (Å²) in [5.41, 5.74) is 0.00579. The van der Waals surface area contributed by atoms with Crippen LogP contribution in [0.1, 0.15) is 106 Å². The third-order valence-electron chi connectivity index (χ3n) is 5.45. The van der Waals surface area contributed by atoms with E-state index in [1.807, 2.05) is 0 Å². The predicted octanol–water partition coefficient (Wildman–Crippen LogP) is 5.18. The minimum atomic E-state index is -0.0499. The molecule has 1 N–H and O–H groups in total. The first-order valence-electron chi connectivity index (χ1n) is 10.5. The third kappa shape index (κ3) is 9.16. The van der Waals surface area contributed by atoms with Gasteiger partial charge in [0.25, 0.3) is 0 Å². The minimum absolute atomic E-state index is 0.00289. The minimum Gasteiger partial charge on any atom is -0.462 e. The smallest absolute Gasteiger partial charge is 0.306 e. The lowest BCUT2D eigenvalue weighted by atomic mass is 9.81. The predicted molar refractivity (Wildman–Crippen MR) is 107 cm³/mol. The normalized spacial score (nSPS) is 20.5. The van der Waals surface area contributed by atoms with Crippen molar-refractivity contribution in [3.63, 3.8) is 0 Å². The third-order valence-corrected chi connectivity index (χ3v) is 5.45. The number of carbonyl (C=O) groups excluding carboxylic acids is 2. The van der Waals surface area contributed by atoms with Crippen LogP contribution in [0.25, 0.3) is 0 Å². The molecule has 0 radical (unpaired) electrons. The molecule has 0 aromatic rings. The summed E-state index contributed by atoms with van der Waals surface area (Å²) in [5.74, 6) is 0.508. The van der Waals surface area contributed by atoms with E-state index in [4.69, 9.17) is 4.74 Å². The lowest BCUT2D eigenvalue weighted by Crippen LogP contribution is -2.59. The Hall–Kier alpha value is -0.900. The number of nitrogens with one attached hydrogen (secondary N) is 1. The number of ketones is 1. The number of esters is 1. The summed E-state index contributed by atoms with van der Waals surface area (Å²) >= 11 is 0. The Morgan fingerprint density at radius 1 is 1.00 bits per heavy atom. The Kier molecular flexibility index (Phi) is 9.29. The summed E-state index contributed by atoms with van der Waals surface area (Å²) < 4.78 is 5.75. The van der Waals surface area contributed by atoms with Crippen LogP contribution in [0, 0.1) is 5.92 Å². The molecule has 1 unspecified atom stereocenters. The monoisotopic (exact) mass is 367 g/mol. The number of Topliss-reactive ketones (excluding diaryl/α,β-unsaturated/α-hetero) is 1. The zero-order valence-electron chi connectivity index (χ0n) is 18.0. The molecule has 0 saturated carbocycles. The molecule has 1 rings (SSSR count). The highest BCUT2D eigenvalue weighted by Crippen LogP contribution is 2.30. The zero-order valence-corrected chi connectivity index (χ0v) is 18.0. The van der Waals surface area contributed by atoms with E-state index in [1.54, 1.807) is 6.92 Å². The van der Waals surface area contributed by atoms with Crippen LogP contribution in [0.3, 0.4) is 0 Å². The van der Waals surface area contributed by atoms with Crippen molar-refractivity contribution in [3.8, 4) is 0 Å². The molecular weight excluding hydrogens is 326 g/mol. The van der Waals surface area contributed by atoms with Crippen LogP contribution in [0.2, 0.25) is 0 Å². The molecule has 4 heteroatoms. The first-order chi connectivity index (χ1) is 12.0. The molecule has 26 heavy (non-hydrogen) atoms. The fourth-order valence-corrected chi connectivity index (χ4v) is 4.44. The van der Waals surface area contributed by atoms with E-state index in [1.165, 1.54) is 0 Å². The van der Waals surface area contributed by atoms with Crippen molar-refractivity contribution >= 4 is 11.8 Å². The molecule has 0 aromatic carbocycles. The van der Waals surface area contributed by atoms with Crippen LogP contribution in [0.15, 0.2) is 0 Å². The van der Waals surface area contributed by atoms with Crippen molar-refractivity contribution in [2.45, 2.75) is 123 Å². The van der Waals surface area contributed by atoms with E-state index in [2.05, 4.69) is 39.9 Å². The number of hydrogen-bond acceptors (Lipinski definition) is 4. The fraction of sp³-hybridized carbons (Fsp3) is 0.909. The second-order valence-corrected chi connectivity index (χ2v) is 9.44. The lowest BCUT2D eigenvalue weighted by Gasteiger charge is -2.45. The van der Waals surface area contributed by atoms with E-state index in [-0.39, 0.29) is 29.1 Å². The van der Waals surface area contributed by atoms with Gasteiger partial charge >= 0.3 is 5.97 Å². The first-order valence-corrected chi connectivity index (χ1v) is 10.5. The van der Waals surface area contributed by atoms with Gasteiger partial charge in [-0.3, -0.25) is 9.59 Å². The van der Waals surface area contributed by atoms with Crippen LogP contribution in [-0.2, 0) is 14.3 Å². The standard InChI is InChI=1S/C22H41NO3/c1-7-18(17(2)24)13-11-9-8-10-12-14-20(25)26-19-15-21(3,4)23-22(5,6)16-19/h18-19,23H,7-16H2,1-6H3. The highest BCUT2D eigenvalue weighted by molar-refractivity contribution is 5.78. The average molecular weight is 368 g/mol. The van der Waals surface area contributed by atoms with E-state index < -0.39 is 0 Å². The Morgan fingerprint density at radius 2 is 1.54 bits per heavy atom. The Bertz CT molecular complexity index is 440. The first kappa shape index (κ1) is 23.1. The maximum Gasteiger partial charge on any atom is 0.306 e. The van der Waals surface area contributed by atoms with E-state index in [9.17, 15) is 9.59 Å². The summed E-state index contributed by atoms with van der Waals surface area (Å²) in [6.07, 6.45) is 9.61. The van der Waals surface area contributed by atoms with Crippen LogP contribution in [-0.4, -0.2) is 28.9 Å². The van der Waals surface area contributed by atoms with Crippen molar-refractivity contribution in [2.75, 3.05) is 0 Å². The summed E-state index contributed by atoms with van der Waals surface area (Å²) in [5, 5.41) is 3.61. The van der Waals surface area contributed by atoms with Gasteiger partial charge in [0.05, 0.1) is 0 Å². The topological polar surface area (TPSA) is 55.4 Å². The second kappa shape index (κ2) is 10.4. The van der Waals surface area contributed by atoms with Crippen LogP contribution >= 0.6 is 0 Å². The number of unbranched alkanes of at least 4 members (excludes halogenated alkanes) is 4. The number of piperidine rings is 1. The highest BCUT2D eigenvalue weighted by Gasteiger charge is 2.39. The fourth-order valence-electron chi connectivity index (χ4n) is 4.44. The van der Waals surface area contributed by atoms with Gasteiger partial charge in [-0.25, -0.2) is 0 Å². The number of rotatable bonds is 11. The van der Waals surface area contributed by atoms with Crippen molar-refractivity contribution in [3.05, 3.63) is 0 Å². The Morgan fingerprint density at radius 3 is 2.08 bits per heavy atom. The van der Waals surface area contributed by atoms with Crippen molar-refractivity contribution in [2.24, 2.45) is 5.92 Å². The molecule has 1 aliphatic rings. The van der Waals surface area contributed by atoms with Crippen LogP contribution in [0.4, 0.5) is 0 Å². The SMILES string of the molecule is CCC(CCCCCCCC(=O)OC1CC(C)(C)NC(C)(C)C1)C(C)=O. The highest BCUT2D eigenvalue weighted by atomic mass is 16.5. The molecule has 0 amide bonds. The van der Waals surface area contributed by atoms with Gasteiger partial charge in [0.2, 0.25) is 0 Å². The summed E-state index contributed by atoms with van der Waals surface area (Å²) in [7, 11) is 0. The molecule has 1 atom stereocenters. The van der Waals surface area contributed by atoms with Gasteiger partial charge in [-0.1, -0.05) is 32.6 Å². The van der Waals surface area contributed by atoms with Crippen molar-refractivity contribution in [1.29, 1.82) is 0 Å². The van der Waals surface area contributed by atoms with Crippen molar-refractivity contribution < 1.29 is 14.3 Å². The Balaban J connectivity index is 2.14. The Labute approximate surface area is 160 Å². The molecule has 1 aliphatic heterocycles. The molecule has 1 fully saturated rings. The van der Waals surface area contributed by atoms with Gasteiger partial charge < -0.3 is 10.1 Å². The van der Waals surface area contributed by atoms with Gasteiger partial charge in [-0.05, 0) is 53.9 Å². The van der Waals surface area contributed by atoms with E-state index >= 15 is 0 Å². The zero-order chi connectivity index (χ0) is 19.8. The van der Waals surface area contributed by atoms with E-state index in [0.29, 0.717) is 12.2 Å². The lowest BCUT2D eigenvalue weighted by molar-refractivity contribution is -0.153. The number of carbonyl (C=O) groups is 2. The van der Waals surface area contributed by atoms with E-state index in [0.717, 1.165) is 57.8 Å². The van der Waals surface area contributed by atoms with Gasteiger partial charge in [0, 0.05) is 36.3 Å². The second-order valence-electron chi connectivity index (χ2n) is 9.44. The molecule has 1 saturated heterocycles. The summed E-state index contributed by atoms with van der Waals surface area (Å²) in [6, 6.07) is 0. The molecule has 4 nitrogen and oxygen atoms in total. The van der Waals surface area contributed by atoms with Crippen LogP contribution < -0.4 is 5.32 Å². The maximum absolute atomic E-state index is 12.1. The molecule has 152 valence electrons. The number of ether oxygens (including phenoxy) is 1. The van der Waals surface area contributed by atoms with Gasteiger partial charge in [0.1, 0.15) is 11.9 Å².